The third-order valence-electron chi connectivity index (χ3n) is 2.85. The molecule has 4 heteroatoms. The molecule has 0 bridgehead atoms. The molecule has 0 aliphatic rings. The Morgan fingerprint density at radius 1 is 1.33 bits per heavy atom. The fraction of sp³-hybridized carbons (Fsp3) is 0.286. The number of halogens is 2. The van der Waals surface area contributed by atoms with Gasteiger partial charge in [0, 0.05) is 17.3 Å². The van der Waals surface area contributed by atoms with E-state index in [0.717, 1.165) is 21.3 Å². The van der Waals surface area contributed by atoms with Crippen molar-refractivity contribution in [3.05, 3.63) is 55.9 Å². The highest BCUT2D eigenvalue weighted by Gasteiger charge is 2.12. The molecule has 2 aromatic rings. The summed E-state index contributed by atoms with van der Waals surface area (Å²) >= 11 is 5.18. The van der Waals surface area contributed by atoms with E-state index in [2.05, 4.69) is 27.3 Å². The van der Waals surface area contributed by atoms with Gasteiger partial charge in [0.15, 0.2) is 0 Å². The number of aryl methyl sites for hydroxylation is 1. The van der Waals surface area contributed by atoms with Crippen molar-refractivity contribution in [3.8, 4) is 0 Å². The number of hydrogen-bond acceptors (Lipinski definition) is 2. The van der Waals surface area contributed by atoms with E-state index in [4.69, 9.17) is 0 Å². The molecule has 1 heterocycles. The fourth-order valence-electron chi connectivity index (χ4n) is 2.02. The van der Waals surface area contributed by atoms with E-state index in [-0.39, 0.29) is 11.9 Å². The van der Waals surface area contributed by atoms with Gasteiger partial charge >= 0.3 is 0 Å². The lowest BCUT2D eigenvalue weighted by molar-refractivity contribution is 0.579. The Bertz CT molecular complexity index is 518. The maximum atomic E-state index is 13.4. The number of nitrogens with one attached hydrogen (secondary N) is 1. The first-order chi connectivity index (χ1) is 8.58. The van der Waals surface area contributed by atoms with Crippen molar-refractivity contribution in [1.82, 2.24) is 5.32 Å². The van der Waals surface area contributed by atoms with Gasteiger partial charge in [-0.3, -0.25) is 0 Å². The molecule has 0 aliphatic heterocycles. The van der Waals surface area contributed by atoms with Crippen molar-refractivity contribution in [2.75, 3.05) is 7.05 Å². The van der Waals surface area contributed by atoms with Gasteiger partial charge in [-0.1, -0.05) is 6.07 Å². The SMILES string of the molecule is CNC(Cc1ccc(Br)s1)c1cc(C)cc(F)c1. The summed E-state index contributed by atoms with van der Waals surface area (Å²) in [6.07, 6.45) is 0.871. The Hall–Kier alpha value is -0.710. The van der Waals surface area contributed by atoms with Gasteiger partial charge in [0.1, 0.15) is 5.82 Å². The molecule has 0 fully saturated rings. The van der Waals surface area contributed by atoms with Crippen LogP contribution in [0.15, 0.2) is 34.1 Å². The van der Waals surface area contributed by atoms with Crippen LogP contribution in [-0.2, 0) is 6.42 Å². The van der Waals surface area contributed by atoms with Crippen LogP contribution in [0.3, 0.4) is 0 Å². The minimum atomic E-state index is -0.169. The molecule has 0 radical (unpaired) electrons. The highest BCUT2D eigenvalue weighted by molar-refractivity contribution is 9.11. The first-order valence-electron chi connectivity index (χ1n) is 5.77. The van der Waals surface area contributed by atoms with Crippen LogP contribution in [0, 0.1) is 12.7 Å². The summed E-state index contributed by atoms with van der Waals surface area (Å²) in [5.41, 5.74) is 1.96. The molecule has 0 spiro atoms. The zero-order valence-corrected chi connectivity index (χ0v) is 12.7. The minimum absolute atomic E-state index is 0.143. The van der Waals surface area contributed by atoms with Crippen LogP contribution in [0.25, 0.3) is 0 Å². The predicted molar refractivity (Wildman–Crippen MR) is 78.7 cm³/mol. The Balaban J connectivity index is 2.22. The molecule has 1 N–H and O–H groups in total. The van der Waals surface area contributed by atoms with Crippen molar-refractivity contribution >= 4 is 27.3 Å². The second kappa shape index (κ2) is 5.95. The van der Waals surface area contributed by atoms with Crippen LogP contribution in [0.2, 0.25) is 0 Å². The predicted octanol–water partition coefficient (Wildman–Crippen LogP) is 4.46. The lowest BCUT2D eigenvalue weighted by Gasteiger charge is -2.16. The van der Waals surface area contributed by atoms with Gasteiger partial charge in [0.25, 0.3) is 0 Å². The maximum absolute atomic E-state index is 13.4. The summed E-state index contributed by atoms with van der Waals surface area (Å²) in [7, 11) is 1.91. The number of benzene rings is 1. The molecule has 1 atom stereocenters. The Morgan fingerprint density at radius 2 is 2.11 bits per heavy atom. The van der Waals surface area contributed by atoms with E-state index in [1.807, 2.05) is 26.1 Å². The van der Waals surface area contributed by atoms with Crippen LogP contribution in [0.5, 0.6) is 0 Å². The summed E-state index contributed by atoms with van der Waals surface area (Å²) in [5.74, 6) is -0.169. The van der Waals surface area contributed by atoms with Crippen molar-refractivity contribution < 1.29 is 4.39 Å². The van der Waals surface area contributed by atoms with E-state index in [9.17, 15) is 4.39 Å². The van der Waals surface area contributed by atoms with Crippen molar-refractivity contribution in [2.45, 2.75) is 19.4 Å². The quantitative estimate of drug-likeness (QED) is 0.874. The molecule has 18 heavy (non-hydrogen) atoms. The third-order valence-corrected chi connectivity index (χ3v) is 4.50. The molecular formula is C14H15BrFNS. The maximum Gasteiger partial charge on any atom is 0.123 e. The van der Waals surface area contributed by atoms with E-state index < -0.39 is 0 Å². The molecule has 0 amide bonds. The van der Waals surface area contributed by atoms with E-state index in [1.165, 1.54) is 4.88 Å². The second-order valence-corrected chi connectivity index (χ2v) is 6.86. The van der Waals surface area contributed by atoms with Crippen molar-refractivity contribution in [2.24, 2.45) is 0 Å². The lowest BCUT2D eigenvalue weighted by atomic mass is 10.0. The van der Waals surface area contributed by atoms with Crippen molar-refractivity contribution in [1.29, 1.82) is 0 Å². The normalized spacial score (nSPS) is 12.7. The molecule has 0 saturated heterocycles. The van der Waals surface area contributed by atoms with Crippen LogP contribution in [0.4, 0.5) is 4.39 Å². The lowest BCUT2D eigenvalue weighted by Crippen LogP contribution is -2.18. The van der Waals surface area contributed by atoms with Crippen LogP contribution >= 0.6 is 27.3 Å². The van der Waals surface area contributed by atoms with Gasteiger partial charge in [-0.25, -0.2) is 4.39 Å². The zero-order chi connectivity index (χ0) is 13.1. The summed E-state index contributed by atoms with van der Waals surface area (Å²) < 4.78 is 14.6. The fourth-order valence-corrected chi connectivity index (χ4v) is 3.54. The molecular weight excluding hydrogens is 313 g/mol. The molecule has 1 aromatic carbocycles. The van der Waals surface area contributed by atoms with Crippen molar-refractivity contribution in [3.63, 3.8) is 0 Å². The topological polar surface area (TPSA) is 12.0 Å². The number of rotatable bonds is 4. The number of thiophene rings is 1. The van der Waals surface area contributed by atoms with Crippen LogP contribution < -0.4 is 5.32 Å². The smallest absolute Gasteiger partial charge is 0.123 e. The average Bonchev–Trinajstić information content (AvgIpc) is 2.70. The summed E-state index contributed by atoms with van der Waals surface area (Å²) in [6.45, 7) is 1.92. The molecule has 96 valence electrons. The second-order valence-electron chi connectivity index (χ2n) is 4.31. The first kappa shape index (κ1) is 13.7. The van der Waals surface area contributed by atoms with Gasteiger partial charge in [-0.15, -0.1) is 11.3 Å². The third kappa shape index (κ3) is 3.40. The largest absolute Gasteiger partial charge is 0.313 e. The molecule has 2 rings (SSSR count). The van der Waals surface area contributed by atoms with Gasteiger partial charge in [-0.05, 0) is 65.3 Å². The summed E-state index contributed by atoms with van der Waals surface area (Å²) in [5, 5.41) is 3.26. The van der Waals surface area contributed by atoms with Gasteiger partial charge in [0.05, 0.1) is 3.79 Å². The monoisotopic (exact) mass is 327 g/mol. The Kier molecular flexibility index (Phi) is 4.54. The average molecular weight is 328 g/mol. The molecule has 0 saturated carbocycles. The summed E-state index contributed by atoms with van der Waals surface area (Å²) in [4.78, 5) is 1.28. The van der Waals surface area contributed by atoms with Crippen LogP contribution in [0.1, 0.15) is 22.0 Å². The number of hydrogen-bond donors (Lipinski definition) is 1. The summed E-state index contributed by atoms with van der Waals surface area (Å²) in [6, 6.07) is 9.49. The zero-order valence-electron chi connectivity index (χ0n) is 10.3. The van der Waals surface area contributed by atoms with Gasteiger partial charge in [0.2, 0.25) is 0 Å². The molecule has 1 aromatic heterocycles. The standard InChI is InChI=1S/C14H15BrFNS/c1-9-5-10(7-11(16)6-9)13(17-2)8-12-3-4-14(15)18-12/h3-7,13,17H,8H2,1-2H3. The van der Waals surface area contributed by atoms with E-state index in [0.29, 0.717) is 0 Å². The van der Waals surface area contributed by atoms with Gasteiger partial charge in [-0.2, -0.15) is 0 Å². The van der Waals surface area contributed by atoms with E-state index >= 15 is 0 Å². The van der Waals surface area contributed by atoms with Crippen LogP contribution in [-0.4, -0.2) is 7.05 Å². The van der Waals surface area contributed by atoms with Gasteiger partial charge < -0.3 is 5.32 Å². The Morgan fingerprint density at radius 3 is 2.67 bits per heavy atom. The molecule has 1 unspecified atom stereocenters. The van der Waals surface area contributed by atoms with E-state index in [1.54, 1.807) is 23.5 Å². The highest BCUT2D eigenvalue weighted by atomic mass is 79.9. The molecule has 0 aliphatic carbocycles. The Labute approximate surface area is 119 Å². The minimum Gasteiger partial charge on any atom is -0.313 e. The molecule has 1 nitrogen and oxygen atoms in total. The highest BCUT2D eigenvalue weighted by Crippen LogP contribution is 2.27. The first-order valence-corrected chi connectivity index (χ1v) is 7.38. The number of likely N-dealkylation sites (N-methyl/N-ethyl adjacent to an activating group) is 1.